The Bertz CT molecular complexity index is 2010. The first-order valence-electron chi connectivity index (χ1n) is 21.0. The molecular formula is C48H60N4O7. The van der Waals surface area contributed by atoms with Gasteiger partial charge < -0.3 is 35.7 Å². The number of para-hydroxylation sites is 2. The maximum atomic E-state index is 13.2. The van der Waals surface area contributed by atoms with Gasteiger partial charge in [-0.05, 0) is 105 Å². The first-order valence-corrected chi connectivity index (χ1v) is 21.0. The van der Waals surface area contributed by atoms with Crippen LogP contribution in [0.1, 0.15) is 113 Å². The molecule has 11 heteroatoms. The van der Waals surface area contributed by atoms with E-state index in [1.807, 2.05) is 81.4 Å². The first-order chi connectivity index (χ1) is 28.4. The van der Waals surface area contributed by atoms with Crippen LogP contribution < -0.4 is 16.4 Å². The summed E-state index contributed by atoms with van der Waals surface area (Å²) >= 11 is 0. The minimum absolute atomic E-state index is 0.00254. The molecule has 0 aliphatic carbocycles. The van der Waals surface area contributed by atoms with Gasteiger partial charge in [0.2, 0.25) is 11.8 Å². The number of aliphatic hydroxyl groups is 1. The van der Waals surface area contributed by atoms with Gasteiger partial charge >= 0.3 is 5.97 Å². The largest absolute Gasteiger partial charge is 0.459 e. The summed E-state index contributed by atoms with van der Waals surface area (Å²) in [5.74, 6) is -0.244. The number of hydrogen-bond acceptors (Lipinski definition) is 9. The van der Waals surface area contributed by atoms with E-state index in [0.717, 1.165) is 78.5 Å². The summed E-state index contributed by atoms with van der Waals surface area (Å²) in [5, 5.41) is 15.6. The molecule has 2 fully saturated rings. The van der Waals surface area contributed by atoms with E-state index in [1.165, 1.54) is 0 Å². The number of amides is 2. The molecule has 0 spiro atoms. The van der Waals surface area contributed by atoms with E-state index < -0.39 is 11.9 Å². The smallest absolute Gasteiger partial charge is 0.323 e. The molecule has 314 valence electrons. The fourth-order valence-electron chi connectivity index (χ4n) is 7.74. The highest BCUT2D eigenvalue weighted by Gasteiger charge is 2.39. The Morgan fingerprint density at radius 1 is 0.814 bits per heavy atom. The molecular weight excluding hydrogens is 745 g/mol. The predicted molar refractivity (Wildman–Crippen MR) is 230 cm³/mol. The number of nitrogens with two attached hydrogens (primary N) is 1. The summed E-state index contributed by atoms with van der Waals surface area (Å²) in [6, 6.07) is 31.1. The average Bonchev–Trinajstić information content (AvgIpc) is 3.70. The summed E-state index contributed by atoms with van der Waals surface area (Å²) < 4.78 is 19.2. The van der Waals surface area contributed by atoms with Crippen molar-refractivity contribution >= 4 is 29.2 Å². The van der Waals surface area contributed by atoms with Crippen LogP contribution in [0.5, 0.6) is 0 Å². The van der Waals surface area contributed by atoms with Crippen molar-refractivity contribution < 1.29 is 33.7 Å². The highest BCUT2D eigenvalue weighted by molar-refractivity contribution is 5.93. The van der Waals surface area contributed by atoms with Crippen LogP contribution in [0.25, 0.3) is 11.1 Å². The number of nitrogens with zero attached hydrogens (tertiary/aromatic N) is 1. The summed E-state index contributed by atoms with van der Waals surface area (Å²) in [7, 11) is 0. The van der Waals surface area contributed by atoms with E-state index in [0.29, 0.717) is 43.7 Å². The number of unbranched alkanes of at least 4 members (excludes halogenated alkanes) is 3. The zero-order valence-corrected chi connectivity index (χ0v) is 34.7. The van der Waals surface area contributed by atoms with Crippen LogP contribution in [0.15, 0.2) is 97.1 Å². The Hall–Kier alpha value is -5.07. The van der Waals surface area contributed by atoms with Crippen LogP contribution in [-0.2, 0) is 41.7 Å². The van der Waals surface area contributed by atoms with Gasteiger partial charge in [0.15, 0.2) is 6.29 Å². The second kappa shape index (κ2) is 20.8. The van der Waals surface area contributed by atoms with E-state index in [1.54, 1.807) is 12.1 Å². The zero-order chi connectivity index (χ0) is 41.8. The van der Waals surface area contributed by atoms with E-state index in [-0.39, 0.29) is 42.6 Å². The summed E-state index contributed by atoms with van der Waals surface area (Å²) in [4.78, 5) is 40.4. The number of nitrogen functional groups attached to an aromatic ring is 1. The lowest BCUT2D eigenvalue weighted by Crippen LogP contribution is -2.45. The number of rotatable bonds is 17. The number of esters is 1. The molecule has 2 aliphatic rings. The third kappa shape index (κ3) is 13.0. The summed E-state index contributed by atoms with van der Waals surface area (Å²) in [6.45, 7) is 7.45. The van der Waals surface area contributed by atoms with Crippen LogP contribution in [0.2, 0.25) is 0 Å². The SMILES string of the molecule is CC(C)(C)OC(=O)C1CCCN1CC1CC(c2ccc(CO)cc2)OC(c2cccc(-c3cccc(CNC(=O)CCCCCCC(=O)Nc4ccccc4N)c3)c2)O1. The molecule has 2 heterocycles. The van der Waals surface area contributed by atoms with Gasteiger partial charge in [-0.25, -0.2) is 0 Å². The van der Waals surface area contributed by atoms with Gasteiger partial charge in [-0.3, -0.25) is 19.3 Å². The van der Waals surface area contributed by atoms with Crippen molar-refractivity contribution in [1.29, 1.82) is 0 Å². The lowest BCUT2D eigenvalue weighted by atomic mass is 9.98. The summed E-state index contributed by atoms with van der Waals surface area (Å²) in [6.07, 6.45) is 5.29. The predicted octanol–water partition coefficient (Wildman–Crippen LogP) is 8.38. The molecule has 4 aromatic rings. The van der Waals surface area contributed by atoms with Gasteiger partial charge in [-0.1, -0.05) is 85.6 Å². The minimum atomic E-state index is -0.646. The third-order valence-electron chi connectivity index (χ3n) is 10.8. The molecule has 11 nitrogen and oxygen atoms in total. The Morgan fingerprint density at radius 2 is 1.53 bits per heavy atom. The second-order valence-corrected chi connectivity index (χ2v) is 16.7. The molecule has 0 radical (unpaired) electrons. The number of aliphatic hydroxyl groups excluding tert-OH is 1. The lowest BCUT2D eigenvalue weighted by molar-refractivity contribution is -0.253. The first kappa shape index (κ1) is 43.5. The van der Waals surface area contributed by atoms with Gasteiger partial charge in [-0.15, -0.1) is 0 Å². The Kier molecular flexibility index (Phi) is 15.3. The highest BCUT2D eigenvalue weighted by Crippen LogP contribution is 2.40. The molecule has 4 atom stereocenters. The fraction of sp³-hybridized carbons (Fsp3) is 0.438. The molecule has 5 N–H and O–H groups in total. The Labute approximate surface area is 348 Å². The normalized spacial score (nSPS) is 19.6. The third-order valence-corrected chi connectivity index (χ3v) is 10.8. The van der Waals surface area contributed by atoms with Gasteiger partial charge in [0.1, 0.15) is 11.6 Å². The number of nitrogens with one attached hydrogen (secondary N) is 2. The minimum Gasteiger partial charge on any atom is -0.459 e. The second-order valence-electron chi connectivity index (χ2n) is 16.7. The van der Waals surface area contributed by atoms with Crippen LogP contribution in [-0.4, -0.2) is 58.6 Å². The molecule has 4 aromatic carbocycles. The maximum absolute atomic E-state index is 13.2. The fourth-order valence-corrected chi connectivity index (χ4v) is 7.74. The molecule has 2 aliphatic heterocycles. The Balaban J connectivity index is 1.03. The van der Waals surface area contributed by atoms with Crippen LogP contribution in [0, 0.1) is 0 Å². The number of carbonyl (C=O) groups excluding carboxylic acids is 3. The van der Waals surface area contributed by atoms with Gasteiger partial charge in [-0.2, -0.15) is 0 Å². The molecule has 0 bridgehead atoms. The molecule has 4 unspecified atom stereocenters. The van der Waals surface area contributed by atoms with Crippen LogP contribution in [0.3, 0.4) is 0 Å². The number of ether oxygens (including phenoxy) is 3. The average molecular weight is 805 g/mol. The number of hydrogen-bond donors (Lipinski definition) is 4. The van der Waals surface area contributed by atoms with Crippen LogP contribution >= 0.6 is 0 Å². The molecule has 2 amide bonds. The standard InChI is InChI=1S/C48H60N4O7/c1-48(2,3)59-46(56)42-19-12-26-52(42)31-39-29-43(35-24-22-33(32-53)23-25-35)58-47(57-39)38-16-11-15-37(28-38)36-14-10-13-34(27-36)30-50-44(54)20-6-4-5-7-21-45(55)51-41-18-9-8-17-40(41)49/h8-11,13-18,22-25,27-28,39,42-43,47,53H,4-7,12,19-21,26,29-32,49H2,1-3H3,(H,50,54)(H,51,55). The molecule has 0 aromatic heterocycles. The summed E-state index contributed by atoms with van der Waals surface area (Å²) in [5.41, 5.74) is 12.3. The number of carbonyl (C=O) groups is 3. The maximum Gasteiger partial charge on any atom is 0.323 e. The van der Waals surface area contributed by atoms with Gasteiger partial charge in [0.05, 0.1) is 30.2 Å². The van der Waals surface area contributed by atoms with E-state index in [4.69, 9.17) is 19.9 Å². The molecule has 6 rings (SSSR count). The van der Waals surface area contributed by atoms with Crippen molar-refractivity contribution in [3.63, 3.8) is 0 Å². The van der Waals surface area contributed by atoms with Gasteiger partial charge in [0, 0.05) is 37.9 Å². The molecule has 0 saturated carbocycles. The van der Waals surface area contributed by atoms with Crippen LogP contribution in [0.4, 0.5) is 11.4 Å². The zero-order valence-electron chi connectivity index (χ0n) is 34.7. The topological polar surface area (TPSA) is 152 Å². The van der Waals surface area contributed by atoms with Crippen molar-refractivity contribution in [3.05, 3.63) is 119 Å². The van der Waals surface area contributed by atoms with E-state index in [2.05, 4.69) is 39.8 Å². The van der Waals surface area contributed by atoms with Gasteiger partial charge in [0.25, 0.3) is 0 Å². The van der Waals surface area contributed by atoms with Crippen molar-refractivity contribution in [2.75, 3.05) is 24.1 Å². The van der Waals surface area contributed by atoms with Crippen molar-refractivity contribution in [2.45, 2.75) is 122 Å². The van der Waals surface area contributed by atoms with E-state index in [9.17, 15) is 19.5 Å². The number of benzene rings is 4. The number of anilines is 2. The highest BCUT2D eigenvalue weighted by atomic mass is 16.7. The monoisotopic (exact) mass is 804 g/mol. The number of likely N-dealkylation sites (tertiary alicyclic amines) is 1. The van der Waals surface area contributed by atoms with E-state index >= 15 is 0 Å². The quantitative estimate of drug-likeness (QED) is 0.0469. The molecule has 2 saturated heterocycles. The van der Waals surface area contributed by atoms with Crippen molar-refractivity contribution in [1.82, 2.24) is 10.2 Å². The molecule has 59 heavy (non-hydrogen) atoms. The Morgan fingerprint density at radius 3 is 2.25 bits per heavy atom. The lowest BCUT2D eigenvalue weighted by Gasteiger charge is -2.38. The van der Waals surface area contributed by atoms with Crippen molar-refractivity contribution in [2.24, 2.45) is 0 Å². The van der Waals surface area contributed by atoms with Crippen molar-refractivity contribution in [3.8, 4) is 11.1 Å².